The van der Waals surface area contributed by atoms with Gasteiger partial charge in [0, 0.05) is 39.6 Å². The van der Waals surface area contributed by atoms with Crippen LogP contribution in [0.5, 0.6) is 0 Å². The molecule has 0 bridgehead atoms. The first-order valence-corrected chi connectivity index (χ1v) is 11.5. The van der Waals surface area contributed by atoms with E-state index in [9.17, 15) is 0 Å². The van der Waals surface area contributed by atoms with E-state index in [1.807, 2.05) is 0 Å². The minimum Gasteiger partial charge on any atom is -0.168 e. The van der Waals surface area contributed by atoms with Gasteiger partial charge in [0.2, 0.25) is 0 Å². The third-order valence-corrected chi connectivity index (χ3v) is 9.13. The van der Waals surface area contributed by atoms with Crippen LogP contribution in [0.25, 0.3) is 0 Å². The number of benzene rings is 1. The summed E-state index contributed by atoms with van der Waals surface area (Å²) in [5, 5.41) is 1.63. The Morgan fingerprint density at radius 1 is 0.667 bits per heavy atom. The van der Waals surface area contributed by atoms with Gasteiger partial charge in [-0.1, -0.05) is 15.9 Å². The minimum atomic E-state index is 0.813. The van der Waals surface area contributed by atoms with Crippen LogP contribution in [0.15, 0.2) is 17.9 Å². The molecule has 0 heterocycles. The smallest absolute Gasteiger partial charge is 0.0466 e. The quantitative estimate of drug-likeness (QED) is 0.162. The molecule has 8 heteroatoms. The van der Waals surface area contributed by atoms with Crippen molar-refractivity contribution in [3.05, 3.63) is 29.0 Å². The van der Waals surface area contributed by atoms with Gasteiger partial charge in [-0.25, -0.2) is 0 Å². The molecule has 0 aromatic heterocycles. The molecular formula is C10H10Br4S4. The fourth-order valence-electron chi connectivity index (χ4n) is 1.29. The molecule has 0 aliphatic carbocycles. The molecule has 1 aromatic carbocycles. The lowest BCUT2D eigenvalue weighted by atomic mass is 10.1. The molecule has 0 aliphatic heterocycles. The Kier molecular flexibility index (Phi) is 9.85. The van der Waals surface area contributed by atoms with Crippen LogP contribution in [-0.2, 0) is 11.5 Å². The van der Waals surface area contributed by atoms with Crippen molar-refractivity contribution in [1.82, 2.24) is 0 Å². The summed E-state index contributed by atoms with van der Waals surface area (Å²) in [6.07, 6.45) is 0. The summed E-state index contributed by atoms with van der Waals surface area (Å²) >= 11 is 26.7. The molecule has 0 aliphatic rings. The highest BCUT2D eigenvalue weighted by Gasteiger charge is 2.18. The summed E-state index contributed by atoms with van der Waals surface area (Å²) in [6, 6.07) is 0. The molecule has 0 N–H and O–H groups in total. The molecule has 0 spiro atoms. The number of thiol groups is 2. The number of thioether (sulfide) groups is 2. The first-order chi connectivity index (χ1) is 8.54. The second kappa shape index (κ2) is 9.54. The van der Waals surface area contributed by atoms with E-state index in [2.05, 4.69) is 89.0 Å². The standard InChI is InChI=1S/C10H10Br4S4/c11-7-5(1-17-3-15)8(12)10(14)9(13)6(7)2-18-4-16/h15-16H,1-4H2. The van der Waals surface area contributed by atoms with Crippen LogP contribution in [0.1, 0.15) is 11.1 Å². The van der Waals surface area contributed by atoms with Crippen LogP contribution in [-0.4, -0.2) is 10.2 Å². The molecule has 0 saturated carbocycles. The molecule has 102 valence electrons. The Bertz CT molecular complexity index is 390. The fraction of sp³-hybridized carbons (Fsp3) is 0.400. The summed E-state index contributed by atoms with van der Waals surface area (Å²) in [5.41, 5.74) is 2.53. The Morgan fingerprint density at radius 2 is 1.06 bits per heavy atom. The second-order valence-electron chi connectivity index (χ2n) is 3.17. The second-order valence-corrected chi connectivity index (χ2v) is 9.80. The lowest BCUT2D eigenvalue weighted by Gasteiger charge is -2.16. The predicted molar refractivity (Wildman–Crippen MR) is 108 cm³/mol. The van der Waals surface area contributed by atoms with Gasteiger partial charge in [-0.05, 0) is 58.9 Å². The molecule has 0 saturated heterocycles. The van der Waals surface area contributed by atoms with Gasteiger partial charge in [-0.15, -0.1) is 23.5 Å². The van der Waals surface area contributed by atoms with Crippen molar-refractivity contribution in [3.8, 4) is 0 Å². The molecule has 0 unspecified atom stereocenters. The van der Waals surface area contributed by atoms with Crippen molar-refractivity contribution in [1.29, 1.82) is 0 Å². The van der Waals surface area contributed by atoms with Crippen molar-refractivity contribution < 1.29 is 0 Å². The maximum absolute atomic E-state index is 4.24. The van der Waals surface area contributed by atoms with Crippen LogP contribution in [0.2, 0.25) is 0 Å². The average Bonchev–Trinajstić information content (AvgIpc) is 2.36. The maximum Gasteiger partial charge on any atom is 0.0466 e. The summed E-state index contributed by atoms with van der Waals surface area (Å²) < 4.78 is 4.41. The summed E-state index contributed by atoms with van der Waals surface area (Å²) in [6.45, 7) is 0. The zero-order chi connectivity index (χ0) is 13.7. The zero-order valence-corrected chi connectivity index (χ0v) is 18.8. The van der Waals surface area contributed by atoms with E-state index >= 15 is 0 Å². The van der Waals surface area contributed by atoms with E-state index in [4.69, 9.17) is 0 Å². The predicted octanol–water partition coefficient (Wildman–Crippen LogP) is 6.98. The SMILES string of the molecule is SCSCc1c(Br)c(Br)c(Br)c(CSCS)c1Br. The van der Waals surface area contributed by atoms with E-state index in [1.165, 1.54) is 11.1 Å². The number of halogens is 4. The molecular weight excluding hydrogens is 568 g/mol. The molecule has 1 aromatic rings. The minimum absolute atomic E-state index is 0.813. The Hall–Kier alpha value is 2.54. The fourth-order valence-corrected chi connectivity index (χ4v) is 6.77. The highest BCUT2D eigenvalue weighted by molar-refractivity contribution is 9.14. The van der Waals surface area contributed by atoms with Gasteiger partial charge in [0.25, 0.3) is 0 Å². The topological polar surface area (TPSA) is 0 Å². The van der Waals surface area contributed by atoms with Crippen molar-refractivity contribution in [2.24, 2.45) is 0 Å². The molecule has 0 radical (unpaired) electrons. The number of rotatable bonds is 6. The van der Waals surface area contributed by atoms with Crippen molar-refractivity contribution >= 4 is 113 Å². The monoisotopic (exact) mass is 574 g/mol. The first kappa shape index (κ1) is 18.6. The lowest BCUT2D eigenvalue weighted by molar-refractivity contribution is 1.23. The lowest BCUT2D eigenvalue weighted by Crippen LogP contribution is -1.96. The number of hydrogen-bond donors (Lipinski definition) is 2. The van der Waals surface area contributed by atoms with Crippen molar-refractivity contribution in [2.75, 3.05) is 10.2 Å². The third kappa shape index (κ3) is 4.78. The van der Waals surface area contributed by atoms with Gasteiger partial charge in [-0.3, -0.25) is 0 Å². The maximum atomic E-state index is 4.24. The Labute approximate surface area is 161 Å². The zero-order valence-electron chi connectivity index (χ0n) is 9.05. The van der Waals surface area contributed by atoms with Crippen LogP contribution in [0, 0.1) is 0 Å². The summed E-state index contributed by atoms with van der Waals surface area (Å²) in [7, 11) is 0. The third-order valence-electron chi connectivity index (χ3n) is 2.12. The Morgan fingerprint density at radius 3 is 1.39 bits per heavy atom. The van der Waals surface area contributed by atoms with Gasteiger partial charge in [0.15, 0.2) is 0 Å². The van der Waals surface area contributed by atoms with E-state index in [0.29, 0.717) is 0 Å². The van der Waals surface area contributed by atoms with Crippen LogP contribution in [0.4, 0.5) is 0 Å². The first-order valence-electron chi connectivity index (χ1n) is 4.75. The summed E-state index contributed by atoms with van der Waals surface area (Å²) in [4.78, 5) is 0. The average molecular weight is 578 g/mol. The van der Waals surface area contributed by atoms with Gasteiger partial charge in [0.1, 0.15) is 0 Å². The number of hydrogen-bond acceptors (Lipinski definition) is 4. The molecule has 18 heavy (non-hydrogen) atoms. The molecule has 0 atom stereocenters. The van der Waals surface area contributed by atoms with E-state index in [0.717, 1.165) is 39.6 Å². The highest BCUT2D eigenvalue weighted by Crippen LogP contribution is 2.44. The highest BCUT2D eigenvalue weighted by atomic mass is 79.9. The molecule has 0 nitrogen and oxygen atoms in total. The van der Waals surface area contributed by atoms with Crippen LogP contribution >= 0.6 is 113 Å². The van der Waals surface area contributed by atoms with E-state index < -0.39 is 0 Å². The van der Waals surface area contributed by atoms with E-state index in [1.54, 1.807) is 23.5 Å². The molecule has 0 fully saturated rings. The largest absolute Gasteiger partial charge is 0.168 e. The van der Waals surface area contributed by atoms with Gasteiger partial charge >= 0.3 is 0 Å². The van der Waals surface area contributed by atoms with Crippen molar-refractivity contribution in [3.63, 3.8) is 0 Å². The van der Waals surface area contributed by atoms with Gasteiger partial charge in [-0.2, -0.15) is 25.3 Å². The summed E-state index contributed by atoms with van der Waals surface area (Å²) in [5.74, 6) is 1.85. The normalized spacial score (nSPS) is 11.0. The van der Waals surface area contributed by atoms with Crippen LogP contribution in [0.3, 0.4) is 0 Å². The van der Waals surface area contributed by atoms with Crippen LogP contribution < -0.4 is 0 Å². The Balaban J connectivity index is 3.21. The van der Waals surface area contributed by atoms with Gasteiger partial charge in [0.05, 0.1) is 0 Å². The van der Waals surface area contributed by atoms with E-state index in [-0.39, 0.29) is 0 Å². The molecule has 0 amide bonds. The van der Waals surface area contributed by atoms with Gasteiger partial charge < -0.3 is 0 Å². The molecule has 1 rings (SSSR count). The van der Waals surface area contributed by atoms with Crippen molar-refractivity contribution in [2.45, 2.75) is 11.5 Å².